The molecule has 3 heterocycles. The zero-order valence-corrected chi connectivity index (χ0v) is 37.8. The van der Waals surface area contributed by atoms with E-state index in [1.807, 2.05) is 54.7 Å². The van der Waals surface area contributed by atoms with Gasteiger partial charge >= 0.3 is 0 Å². The Kier molecular flexibility index (Phi) is 8.43. The molecule has 10 aromatic rings. The Hall–Kier alpha value is -6.55. The zero-order chi connectivity index (χ0) is 51.2. The molecule has 1 unspecified atom stereocenters. The molecule has 1 atom stereocenters. The molecule has 0 radical (unpaired) electrons. The van der Waals surface area contributed by atoms with Gasteiger partial charge in [0, 0.05) is 44.3 Å². The van der Waals surface area contributed by atoms with Crippen LogP contribution in [-0.4, -0.2) is 14.1 Å². The molecule has 0 bridgehead atoms. The maximum absolute atomic E-state index is 9.02. The second kappa shape index (κ2) is 17.0. The predicted molar refractivity (Wildman–Crippen MR) is 253 cm³/mol. The Bertz CT molecular complexity index is 3710. The minimum atomic E-state index is -0.571. The molecule has 0 saturated carbocycles. The molecule has 3 aromatic heterocycles. The topological polar surface area (TPSA) is 35.9 Å². The third kappa shape index (κ3) is 7.81. The van der Waals surface area contributed by atoms with Crippen molar-refractivity contribution in [1.82, 2.24) is 14.1 Å². The summed E-state index contributed by atoms with van der Waals surface area (Å²) in [5, 5.41) is 2.07. The first-order valence-electron chi connectivity index (χ1n) is 25.7. The Balaban J connectivity index is 0.00000656. The van der Waals surface area contributed by atoms with Crippen molar-refractivity contribution >= 4 is 32.8 Å². The number of aromatic nitrogens is 4. The molecule has 0 amide bonds. The molecule has 0 aliphatic carbocycles. The van der Waals surface area contributed by atoms with Crippen LogP contribution < -0.4 is 9.30 Å². The Morgan fingerprint density at radius 1 is 0.683 bits per heavy atom. The SMILES string of the molecule is [2H]c1c([2H])c([2H])c(-c2cccc(-c3c([2H])c([2H])c([2H])c([2H])c3[2H])c2-[n+]2[c-]n(-c3[c-]c(Oc4[c-]c5c(cc4)c4cc(C(C)(C)C)ccc4n5-c4cc(C(C)C(C)C)ccn4)ccc3)c3ccccc32)c([2H])c1[2H].[Pt]. The van der Waals surface area contributed by atoms with E-state index in [9.17, 15) is 0 Å². The molecule has 6 heteroatoms. The van der Waals surface area contributed by atoms with E-state index >= 15 is 0 Å². The average Bonchev–Trinajstić information content (AvgIpc) is 3.91. The smallest absolute Gasteiger partial charge is 0.268 e. The molecular weight excluding hydrogens is 952 g/mol. The summed E-state index contributed by atoms with van der Waals surface area (Å²) in [5.74, 6) is 2.32. The first kappa shape index (κ1) is 31.3. The molecule has 0 spiro atoms. The van der Waals surface area contributed by atoms with Crippen molar-refractivity contribution in [3.8, 4) is 50.9 Å². The molecular formula is C57H48N4OPt-2. The van der Waals surface area contributed by atoms with E-state index in [-0.39, 0.29) is 54.4 Å². The van der Waals surface area contributed by atoms with Gasteiger partial charge in [-0.3, -0.25) is 4.57 Å². The summed E-state index contributed by atoms with van der Waals surface area (Å²) in [5.41, 5.74) is 5.94. The molecule has 0 N–H and O–H groups in total. The van der Waals surface area contributed by atoms with Crippen LogP contribution in [0.5, 0.6) is 11.5 Å². The van der Waals surface area contributed by atoms with Crippen molar-refractivity contribution in [3.05, 3.63) is 199 Å². The average molecular weight is 1010 g/mol. The van der Waals surface area contributed by atoms with E-state index < -0.39 is 60.4 Å². The van der Waals surface area contributed by atoms with E-state index in [2.05, 4.69) is 94.9 Å². The third-order valence-electron chi connectivity index (χ3n) is 11.6. The summed E-state index contributed by atoms with van der Waals surface area (Å²) in [6.07, 6.45) is 5.28. The number of ether oxygens (including phenoxy) is 1. The van der Waals surface area contributed by atoms with Gasteiger partial charge in [-0.1, -0.05) is 162 Å². The van der Waals surface area contributed by atoms with Gasteiger partial charge in [0.1, 0.15) is 5.82 Å². The maximum Gasteiger partial charge on any atom is 0.268 e. The molecule has 7 aromatic carbocycles. The summed E-state index contributed by atoms with van der Waals surface area (Å²) in [6.45, 7) is 13.3. The molecule has 0 fully saturated rings. The standard InChI is InChI=1S/C57H48N4O.Pt/c1-38(2)39(3)42-31-32-58-55(33-42)61-51-30-27-43(57(4,5)6)34-50(51)49-29-28-46(36-54(49)61)62-45-22-15-21-44(35-45)59-37-60(53-26-14-13-25-52(53)59)56-47(40-17-9-7-10-18-40)23-16-24-48(56)41-19-11-8-12-20-41;/h7-34,38-39H,1-6H3;/q-2;/i7D,8D,9D,10D,11D,12D,17D,18D,19D,20D;. The fourth-order valence-corrected chi connectivity index (χ4v) is 8.02. The van der Waals surface area contributed by atoms with Crippen LogP contribution in [0.25, 0.3) is 72.3 Å². The quantitative estimate of drug-likeness (QED) is 0.107. The van der Waals surface area contributed by atoms with Gasteiger partial charge in [0.25, 0.3) is 6.33 Å². The van der Waals surface area contributed by atoms with E-state index in [1.165, 1.54) is 11.1 Å². The predicted octanol–water partition coefficient (Wildman–Crippen LogP) is 14.0. The maximum atomic E-state index is 9.02. The van der Waals surface area contributed by atoms with Crippen LogP contribution in [0.4, 0.5) is 0 Å². The number of fused-ring (bicyclic) bond motifs is 4. The number of para-hydroxylation sites is 3. The van der Waals surface area contributed by atoms with Gasteiger partial charge in [-0.05, 0) is 79.9 Å². The van der Waals surface area contributed by atoms with E-state index in [1.54, 1.807) is 33.4 Å². The Labute approximate surface area is 398 Å². The molecule has 0 aliphatic rings. The number of hydrogen-bond acceptors (Lipinski definition) is 2. The number of rotatable bonds is 9. The van der Waals surface area contributed by atoms with Crippen LogP contribution >= 0.6 is 0 Å². The van der Waals surface area contributed by atoms with Crippen molar-refractivity contribution in [1.29, 1.82) is 0 Å². The van der Waals surface area contributed by atoms with Crippen molar-refractivity contribution < 1.29 is 44.1 Å². The first-order valence-corrected chi connectivity index (χ1v) is 20.7. The van der Waals surface area contributed by atoms with Crippen LogP contribution in [0.15, 0.2) is 170 Å². The largest absolute Gasteiger partial charge is 0.510 e. The Morgan fingerprint density at radius 2 is 1.37 bits per heavy atom. The summed E-state index contributed by atoms with van der Waals surface area (Å²) in [6, 6.07) is 34.0. The minimum Gasteiger partial charge on any atom is -0.510 e. The molecule has 10 rings (SSSR count). The van der Waals surface area contributed by atoms with E-state index in [0.29, 0.717) is 40.1 Å². The van der Waals surface area contributed by atoms with Gasteiger partial charge in [0.2, 0.25) is 0 Å². The van der Waals surface area contributed by atoms with Gasteiger partial charge in [-0.25, -0.2) is 4.98 Å². The van der Waals surface area contributed by atoms with E-state index in [4.69, 9.17) is 23.4 Å². The second-order valence-corrected chi connectivity index (χ2v) is 16.8. The van der Waals surface area contributed by atoms with E-state index in [0.717, 1.165) is 27.6 Å². The molecule has 5 nitrogen and oxygen atoms in total. The summed E-state index contributed by atoms with van der Waals surface area (Å²) in [4.78, 5) is 4.89. The van der Waals surface area contributed by atoms with Crippen molar-refractivity contribution in [2.75, 3.05) is 0 Å². The second-order valence-electron chi connectivity index (χ2n) is 16.8. The van der Waals surface area contributed by atoms with Crippen LogP contribution in [0.3, 0.4) is 0 Å². The number of hydrogen-bond donors (Lipinski definition) is 0. The Morgan fingerprint density at radius 3 is 2.06 bits per heavy atom. The number of benzene rings is 7. The van der Waals surface area contributed by atoms with Crippen LogP contribution in [0.1, 0.15) is 72.3 Å². The minimum absolute atomic E-state index is 0. The summed E-state index contributed by atoms with van der Waals surface area (Å²) < 4.78 is 99.2. The molecule has 63 heavy (non-hydrogen) atoms. The fourth-order valence-electron chi connectivity index (χ4n) is 8.02. The third-order valence-corrected chi connectivity index (χ3v) is 11.6. The molecule has 0 saturated heterocycles. The monoisotopic (exact) mass is 1010 g/mol. The van der Waals surface area contributed by atoms with Crippen LogP contribution in [-0.2, 0) is 26.5 Å². The summed E-state index contributed by atoms with van der Waals surface area (Å²) in [7, 11) is 0. The number of pyridine rings is 1. The van der Waals surface area contributed by atoms with Gasteiger partial charge in [0.05, 0.1) is 30.4 Å². The normalized spacial score (nSPS) is 14.5. The van der Waals surface area contributed by atoms with Crippen molar-refractivity contribution in [2.24, 2.45) is 5.92 Å². The van der Waals surface area contributed by atoms with Gasteiger partial charge in [0.15, 0.2) is 0 Å². The number of imidazole rings is 1. The van der Waals surface area contributed by atoms with Gasteiger partial charge in [-0.15, -0.1) is 29.7 Å². The zero-order valence-electron chi connectivity index (χ0n) is 45.6. The summed E-state index contributed by atoms with van der Waals surface area (Å²) >= 11 is 0. The molecule has 0 aliphatic heterocycles. The first-order chi connectivity index (χ1) is 34.3. The fraction of sp³-hybridized carbons (Fsp3) is 0.158. The van der Waals surface area contributed by atoms with Gasteiger partial charge in [-0.2, -0.15) is 18.2 Å². The van der Waals surface area contributed by atoms with Crippen LogP contribution in [0, 0.1) is 24.4 Å². The molecule has 314 valence electrons. The number of nitrogens with zero attached hydrogens (tertiary/aromatic N) is 4. The van der Waals surface area contributed by atoms with Crippen molar-refractivity contribution in [3.63, 3.8) is 0 Å². The van der Waals surface area contributed by atoms with Gasteiger partial charge < -0.3 is 13.9 Å². The van der Waals surface area contributed by atoms with Crippen molar-refractivity contribution in [2.45, 2.75) is 52.9 Å². The van der Waals surface area contributed by atoms with Crippen LogP contribution in [0.2, 0.25) is 0 Å².